The summed E-state index contributed by atoms with van der Waals surface area (Å²) >= 11 is 0. The molecule has 0 fully saturated rings. The van der Waals surface area contributed by atoms with Gasteiger partial charge in [0.1, 0.15) is 0 Å². The second-order valence-electron chi connectivity index (χ2n) is 5.98. The van der Waals surface area contributed by atoms with E-state index < -0.39 is 0 Å². The fourth-order valence-electron chi connectivity index (χ4n) is 0.915. The lowest BCUT2D eigenvalue weighted by Crippen LogP contribution is -2.19. The maximum absolute atomic E-state index is 4.72. The molecule has 0 saturated carbocycles. The maximum Gasteiger partial charge on any atom is 0.0456 e. The van der Waals surface area contributed by atoms with Crippen molar-refractivity contribution in [1.82, 2.24) is 0 Å². The van der Waals surface area contributed by atoms with Crippen molar-refractivity contribution in [3.63, 3.8) is 0 Å². The number of nitrogens with zero attached hydrogens (tertiary/aromatic N) is 1. The zero-order valence-corrected chi connectivity index (χ0v) is 11.3. The molecule has 0 unspecified atom stereocenters. The first-order valence-corrected chi connectivity index (χ1v) is 5.48. The second kappa shape index (κ2) is 4.78. The molecule has 15 heavy (non-hydrogen) atoms. The predicted molar refractivity (Wildman–Crippen MR) is 70.3 cm³/mol. The minimum absolute atomic E-state index is 0.0701. The van der Waals surface area contributed by atoms with Crippen molar-refractivity contribution in [2.75, 3.05) is 0 Å². The Morgan fingerprint density at radius 1 is 1.00 bits per heavy atom. The molecule has 0 spiro atoms. The first kappa shape index (κ1) is 14.2. The summed E-state index contributed by atoms with van der Waals surface area (Å²) in [6.07, 6.45) is 3.80. The molecule has 0 radical (unpaired) electrons. The van der Waals surface area contributed by atoms with Gasteiger partial charge in [0.15, 0.2) is 0 Å². The summed E-state index contributed by atoms with van der Waals surface area (Å²) in [7, 11) is 0. The topological polar surface area (TPSA) is 12.4 Å². The summed E-state index contributed by atoms with van der Waals surface area (Å²) in [4.78, 5) is 4.72. The van der Waals surface area contributed by atoms with Crippen LogP contribution in [-0.2, 0) is 0 Å². The van der Waals surface area contributed by atoms with Crippen LogP contribution in [0.25, 0.3) is 0 Å². The number of hydrogen-bond acceptors (Lipinski definition) is 1. The molecule has 0 aliphatic rings. The van der Waals surface area contributed by atoms with Gasteiger partial charge in [-0.25, -0.2) is 0 Å². The summed E-state index contributed by atoms with van der Waals surface area (Å²) in [6, 6.07) is 0. The Hall–Kier alpha value is -0.850. The molecule has 0 rings (SSSR count). The van der Waals surface area contributed by atoms with E-state index in [0.717, 1.165) is 11.4 Å². The Morgan fingerprint density at radius 2 is 1.47 bits per heavy atom. The lowest BCUT2D eigenvalue weighted by molar-refractivity contribution is 0.494. The molecule has 0 aliphatic carbocycles. The molecule has 0 atom stereocenters. The Balaban J connectivity index is 5.19. The number of aliphatic imine (C=N–C) groups is 1. The van der Waals surface area contributed by atoms with Crippen LogP contribution in [0.2, 0.25) is 0 Å². The van der Waals surface area contributed by atoms with Crippen molar-refractivity contribution in [3.8, 4) is 0 Å². The van der Waals surface area contributed by atoms with Crippen molar-refractivity contribution in [1.29, 1.82) is 0 Å². The van der Waals surface area contributed by atoms with Gasteiger partial charge in [-0.1, -0.05) is 54.2 Å². The standard InChI is InChI=1S/C14H25N/c1-9-10-12(14(6,7)8)15-11(2)13(3,4)5/h9-10H,1H2,2-8H3/b12-10-,15-11?. The van der Waals surface area contributed by atoms with Gasteiger partial charge in [-0.3, -0.25) is 4.99 Å². The van der Waals surface area contributed by atoms with E-state index in [2.05, 4.69) is 55.0 Å². The van der Waals surface area contributed by atoms with Crippen LogP contribution in [0.4, 0.5) is 0 Å². The van der Waals surface area contributed by atoms with Gasteiger partial charge in [0.25, 0.3) is 0 Å². The molecule has 0 aromatic rings. The average molecular weight is 207 g/mol. The van der Waals surface area contributed by atoms with Gasteiger partial charge < -0.3 is 0 Å². The first-order chi connectivity index (χ1) is 6.59. The van der Waals surface area contributed by atoms with Gasteiger partial charge in [-0.05, 0) is 18.4 Å². The lowest BCUT2D eigenvalue weighted by atomic mass is 9.88. The number of allylic oxidation sites excluding steroid dienone is 3. The molecule has 0 aromatic heterocycles. The van der Waals surface area contributed by atoms with Crippen LogP contribution < -0.4 is 0 Å². The summed E-state index contributed by atoms with van der Waals surface area (Å²) < 4.78 is 0. The van der Waals surface area contributed by atoms with Crippen molar-refractivity contribution in [2.45, 2.75) is 48.5 Å². The van der Waals surface area contributed by atoms with Crippen molar-refractivity contribution in [3.05, 3.63) is 24.4 Å². The Labute approximate surface area is 95.0 Å². The molecule has 0 saturated heterocycles. The van der Waals surface area contributed by atoms with Crippen molar-refractivity contribution in [2.24, 2.45) is 15.8 Å². The Bertz CT molecular complexity index is 279. The monoisotopic (exact) mass is 207 g/mol. The molecule has 86 valence electrons. The predicted octanol–water partition coefficient (Wildman–Crippen LogP) is 4.61. The fourth-order valence-corrected chi connectivity index (χ4v) is 0.915. The van der Waals surface area contributed by atoms with Crippen LogP contribution >= 0.6 is 0 Å². The van der Waals surface area contributed by atoms with E-state index in [1.165, 1.54) is 0 Å². The lowest BCUT2D eigenvalue weighted by Gasteiger charge is -2.24. The Morgan fingerprint density at radius 3 is 1.73 bits per heavy atom. The number of rotatable bonds is 2. The van der Waals surface area contributed by atoms with Crippen LogP contribution in [0, 0.1) is 10.8 Å². The van der Waals surface area contributed by atoms with E-state index >= 15 is 0 Å². The van der Waals surface area contributed by atoms with E-state index in [1.54, 1.807) is 6.08 Å². The highest BCUT2D eigenvalue weighted by Gasteiger charge is 2.19. The molecule has 0 amide bonds. The van der Waals surface area contributed by atoms with E-state index in [1.807, 2.05) is 6.08 Å². The minimum atomic E-state index is 0.0701. The van der Waals surface area contributed by atoms with Crippen LogP contribution in [0.1, 0.15) is 48.5 Å². The fraction of sp³-hybridized carbons (Fsp3) is 0.643. The van der Waals surface area contributed by atoms with E-state index in [9.17, 15) is 0 Å². The molecular formula is C14H25N. The van der Waals surface area contributed by atoms with Gasteiger partial charge in [0.05, 0.1) is 0 Å². The smallest absolute Gasteiger partial charge is 0.0456 e. The third-order valence-corrected chi connectivity index (χ3v) is 2.42. The molecule has 0 heterocycles. The highest BCUT2D eigenvalue weighted by atomic mass is 14.8. The number of hydrogen-bond donors (Lipinski definition) is 0. The van der Waals surface area contributed by atoms with Gasteiger partial charge in [-0.2, -0.15) is 0 Å². The van der Waals surface area contributed by atoms with Gasteiger partial charge >= 0.3 is 0 Å². The zero-order valence-electron chi connectivity index (χ0n) is 11.3. The first-order valence-electron chi connectivity index (χ1n) is 5.48. The normalized spacial score (nSPS) is 15.4. The van der Waals surface area contributed by atoms with Crippen LogP contribution in [0.15, 0.2) is 29.4 Å². The third-order valence-electron chi connectivity index (χ3n) is 2.42. The Kier molecular flexibility index (Phi) is 4.51. The van der Waals surface area contributed by atoms with Gasteiger partial charge in [-0.15, -0.1) is 0 Å². The summed E-state index contributed by atoms with van der Waals surface area (Å²) in [5, 5.41) is 0. The van der Waals surface area contributed by atoms with E-state index in [-0.39, 0.29) is 10.8 Å². The largest absolute Gasteiger partial charge is 0.261 e. The summed E-state index contributed by atoms with van der Waals surface area (Å²) in [5.41, 5.74) is 2.45. The SMILES string of the molecule is C=C/C=C(\N=C(C)C(C)(C)C)C(C)(C)C. The highest BCUT2D eigenvalue weighted by Crippen LogP contribution is 2.28. The quantitative estimate of drug-likeness (QED) is 0.463. The molecule has 1 heteroatoms. The van der Waals surface area contributed by atoms with Crippen LogP contribution in [0.3, 0.4) is 0 Å². The second-order valence-corrected chi connectivity index (χ2v) is 5.98. The van der Waals surface area contributed by atoms with Crippen LogP contribution in [0.5, 0.6) is 0 Å². The maximum atomic E-state index is 4.72. The van der Waals surface area contributed by atoms with Crippen molar-refractivity contribution < 1.29 is 0 Å². The zero-order chi connectivity index (χ0) is 12.3. The van der Waals surface area contributed by atoms with E-state index in [0.29, 0.717) is 0 Å². The molecular weight excluding hydrogens is 182 g/mol. The molecule has 0 N–H and O–H groups in total. The average Bonchev–Trinajstić information content (AvgIpc) is 1.99. The summed E-state index contributed by atoms with van der Waals surface area (Å²) in [5.74, 6) is 0. The summed E-state index contributed by atoms with van der Waals surface area (Å²) in [6.45, 7) is 18.9. The van der Waals surface area contributed by atoms with Crippen LogP contribution in [-0.4, -0.2) is 5.71 Å². The molecule has 1 nitrogen and oxygen atoms in total. The molecule has 0 aliphatic heterocycles. The van der Waals surface area contributed by atoms with Gasteiger partial charge in [0, 0.05) is 16.8 Å². The molecule has 0 aromatic carbocycles. The van der Waals surface area contributed by atoms with Gasteiger partial charge in [0.2, 0.25) is 0 Å². The van der Waals surface area contributed by atoms with E-state index in [4.69, 9.17) is 4.99 Å². The van der Waals surface area contributed by atoms with Crippen molar-refractivity contribution >= 4 is 5.71 Å². The minimum Gasteiger partial charge on any atom is -0.261 e. The molecule has 0 bridgehead atoms. The highest BCUT2D eigenvalue weighted by molar-refractivity contribution is 5.87. The third kappa shape index (κ3) is 4.96.